The first-order valence-corrected chi connectivity index (χ1v) is 6.44. The van der Waals surface area contributed by atoms with E-state index < -0.39 is 0 Å². The first kappa shape index (κ1) is 11.7. The number of fused-ring (bicyclic) bond motifs is 1. The van der Waals surface area contributed by atoms with Gasteiger partial charge in [-0.3, -0.25) is 4.79 Å². The Hall–Kier alpha value is -0.820. The lowest BCUT2D eigenvalue weighted by Crippen LogP contribution is -2.07. The van der Waals surface area contributed by atoms with E-state index in [0.29, 0.717) is 11.4 Å². The second-order valence-corrected chi connectivity index (χ2v) is 4.89. The molecule has 1 aromatic rings. The Morgan fingerprint density at radius 3 is 2.50 bits per heavy atom. The van der Waals surface area contributed by atoms with Gasteiger partial charge in [-0.15, -0.1) is 0 Å². The van der Waals surface area contributed by atoms with E-state index in [1.807, 2.05) is 19.1 Å². The van der Waals surface area contributed by atoms with Crippen LogP contribution in [0.2, 0.25) is 5.02 Å². The van der Waals surface area contributed by atoms with Gasteiger partial charge < -0.3 is 0 Å². The summed E-state index contributed by atoms with van der Waals surface area (Å²) in [6, 6.07) is 4.02. The van der Waals surface area contributed by atoms with E-state index in [4.69, 9.17) is 11.6 Å². The van der Waals surface area contributed by atoms with Crippen molar-refractivity contribution in [2.24, 2.45) is 0 Å². The highest BCUT2D eigenvalue weighted by molar-refractivity contribution is 6.34. The molecule has 1 aromatic carbocycles. The van der Waals surface area contributed by atoms with E-state index in [0.717, 1.165) is 24.8 Å². The van der Waals surface area contributed by atoms with Crippen LogP contribution in [0.3, 0.4) is 0 Å². The fourth-order valence-electron chi connectivity index (χ4n) is 2.33. The van der Waals surface area contributed by atoms with E-state index in [9.17, 15) is 4.79 Å². The zero-order chi connectivity index (χ0) is 11.5. The van der Waals surface area contributed by atoms with Crippen molar-refractivity contribution in [3.63, 3.8) is 0 Å². The van der Waals surface area contributed by atoms with Crippen LogP contribution in [0.4, 0.5) is 0 Å². The highest BCUT2D eigenvalue weighted by atomic mass is 35.5. The van der Waals surface area contributed by atoms with Crippen molar-refractivity contribution in [2.45, 2.75) is 45.4 Å². The number of hydrogen-bond donors (Lipinski definition) is 0. The van der Waals surface area contributed by atoms with Gasteiger partial charge in [-0.05, 0) is 55.4 Å². The number of halogens is 1. The molecule has 0 spiro atoms. The lowest BCUT2D eigenvalue weighted by molar-refractivity contribution is 0.0982. The van der Waals surface area contributed by atoms with Gasteiger partial charge in [0.05, 0.1) is 5.02 Å². The lowest BCUT2D eigenvalue weighted by Gasteiger charge is -2.17. The summed E-state index contributed by atoms with van der Waals surface area (Å²) in [7, 11) is 0. The summed E-state index contributed by atoms with van der Waals surface area (Å²) in [5.74, 6) is 0.181. The molecule has 0 saturated carbocycles. The molecule has 0 unspecified atom stereocenters. The molecule has 2 rings (SSSR count). The molecule has 0 bridgehead atoms. The standard InChI is InChI=1S/C14H17ClO/c1-2-5-14(16)12-8-10-6-3-4-7-11(10)9-13(12)15/h8-9H,2-7H2,1H3. The fourth-order valence-corrected chi connectivity index (χ4v) is 2.62. The Morgan fingerprint density at radius 1 is 1.25 bits per heavy atom. The predicted molar refractivity (Wildman–Crippen MR) is 67.3 cm³/mol. The molecule has 16 heavy (non-hydrogen) atoms. The molecular weight excluding hydrogens is 220 g/mol. The van der Waals surface area contributed by atoms with Gasteiger partial charge in [0, 0.05) is 12.0 Å². The molecule has 0 atom stereocenters. The molecule has 0 saturated heterocycles. The first-order valence-electron chi connectivity index (χ1n) is 6.07. The SMILES string of the molecule is CCCC(=O)c1cc2c(cc1Cl)CCCC2. The summed E-state index contributed by atoms with van der Waals surface area (Å²) in [5.41, 5.74) is 3.39. The van der Waals surface area contributed by atoms with Crippen LogP contribution in [0.5, 0.6) is 0 Å². The van der Waals surface area contributed by atoms with Gasteiger partial charge in [0.2, 0.25) is 0 Å². The van der Waals surface area contributed by atoms with Crippen molar-refractivity contribution in [3.05, 3.63) is 33.8 Å². The van der Waals surface area contributed by atoms with Crippen molar-refractivity contribution in [1.29, 1.82) is 0 Å². The van der Waals surface area contributed by atoms with Gasteiger partial charge in [-0.25, -0.2) is 0 Å². The van der Waals surface area contributed by atoms with Crippen LogP contribution >= 0.6 is 11.6 Å². The average molecular weight is 237 g/mol. The highest BCUT2D eigenvalue weighted by Crippen LogP contribution is 2.28. The highest BCUT2D eigenvalue weighted by Gasteiger charge is 2.16. The zero-order valence-corrected chi connectivity index (χ0v) is 10.4. The molecule has 0 fully saturated rings. The predicted octanol–water partition coefficient (Wildman–Crippen LogP) is 4.20. The van der Waals surface area contributed by atoms with Crippen molar-refractivity contribution in [3.8, 4) is 0 Å². The molecule has 86 valence electrons. The molecule has 0 radical (unpaired) electrons. The number of carbonyl (C=O) groups excluding carboxylic acids is 1. The number of ketones is 1. The van der Waals surface area contributed by atoms with Crippen LogP contribution in [0.15, 0.2) is 12.1 Å². The third kappa shape index (κ3) is 2.30. The van der Waals surface area contributed by atoms with Crippen LogP contribution in [0, 0.1) is 0 Å². The van der Waals surface area contributed by atoms with Crippen molar-refractivity contribution in [1.82, 2.24) is 0 Å². The molecule has 0 N–H and O–H groups in total. The lowest BCUT2D eigenvalue weighted by atomic mass is 9.89. The van der Waals surface area contributed by atoms with Gasteiger partial charge in [-0.1, -0.05) is 18.5 Å². The quantitative estimate of drug-likeness (QED) is 0.719. The molecule has 2 heteroatoms. The number of hydrogen-bond acceptors (Lipinski definition) is 1. The van der Waals surface area contributed by atoms with Gasteiger partial charge in [-0.2, -0.15) is 0 Å². The third-order valence-electron chi connectivity index (χ3n) is 3.21. The summed E-state index contributed by atoms with van der Waals surface area (Å²) in [6.07, 6.45) is 6.16. The minimum Gasteiger partial charge on any atom is -0.294 e. The van der Waals surface area contributed by atoms with Crippen LogP contribution in [0.25, 0.3) is 0 Å². The van der Waals surface area contributed by atoms with E-state index in [-0.39, 0.29) is 5.78 Å². The molecule has 1 aliphatic rings. The Balaban J connectivity index is 2.35. The zero-order valence-electron chi connectivity index (χ0n) is 9.68. The van der Waals surface area contributed by atoms with Crippen molar-refractivity contribution >= 4 is 17.4 Å². The van der Waals surface area contributed by atoms with Crippen LogP contribution in [-0.4, -0.2) is 5.78 Å². The van der Waals surface area contributed by atoms with E-state index in [1.54, 1.807) is 0 Å². The molecule has 0 aliphatic heterocycles. The summed E-state index contributed by atoms with van der Waals surface area (Å²) in [5, 5.41) is 0.638. The van der Waals surface area contributed by atoms with Crippen molar-refractivity contribution in [2.75, 3.05) is 0 Å². The van der Waals surface area contributed by atoms with Crippen LogP contribution in [0.1, 0.15) is 54.1 Å². The number of carbonyl (C=O) groups is 1. The topological polar surface area (TPSA) is 17.1 Å². The largest absolute Gasteiger partial charge is 0.294 e. The van der Waals surface area contributed by atoms with Gasteiger partial charge >= 0.3 is 0 Å². The van der Waals surface area contributed by atoms with Crippen LogP contribution < -0.4 is 0 Å². The summed E-state index contributed by atoms with van der Waals surface area (Å²) in [6.45, 7) is 2.02. The fraction of sp³-hybridized carbons (Fsp3) is 0.500. The first-order chi connectivity index (χ1) is 7.72. The number of Topliss-reactive ketones (excluding diaryl/α,β-unsaturated/α-hetero) is 1. The second-order valence-electron chi connectivity index (χ2n) is 4.48. The number of rotatable bonds is 3. The maximum absolute atomic E-state index is 11.9. The van der Waals surface area contributed by atoms with Crippen LogP contribution in [-0.2, 0) is 12.8 Å². The van der Waals surface area contributed by atoms with E-state index >= 15 is 0 Å². The summed E-state index contributed by atoms with van der Waals surface area (Å²) >= 11 is 6.17. The van der Waals surface area contributed by atoms with Gasteiger partial charge in [0.1, 0.15) is 0 Å². The average Bonchev–Trinajstić information content (AvgIpc) is 2.28. The van der Waals surface area contributed by atoms with Crippen molar-refractivity contribution < 1.29 is 4.79 Å². The third-order valence-corrected chi connectivity index (χ3v) is 3.52. The molecule has 1 nitrogen and oxygen atoms in total. The minimum atomic E-state index is 0.181. The molecule has 0 heterocycles. The smallest absolute Gasteiger partial charge is 0.164 e. The second kappa shape index (κ2) is 5.01. The maximum Gasteiger partial charge on any atom is 0.164 e. The van der Waals surface area contributed by atoms with Gasteiger partial charge in [0.25, 0.3) is 0 Å². The minimum absolute atomic E-state index is 0.181. The van der Waals surface area contributed by atoms with Gasteiger partial charge in [0.15, 0.2) is 5.78 Å². The molecule has 1 aliphatic carbocycles. The monoisotopic (exact) mass is 236 g/mol. The summed E-state index contributed by atoms with van der Waals surface area (Å²) in [4.78, 5) is 11.9. The Labute approximate surface area is 102 Å². The number of benzene rings is 1. The Morgan fingerprint density at radius 2 is 1.88 bits per heavy atom. The van der Waals surface area contributed by atoms with E-state index in [2.05, 4.69) is 0 Å². The normalized spacial score (nSPS) is 14.6. The molecule has 0 aromatic heterocycles. The Bertz CT molecular complexity index is 409. The number of aryl methyl sites for hydroxylation is 2. The molecule has 0 amide bonds. The van der Waals surface area contributed by atoms with E-state index in [1.165, 1.54) is 24.0 Å². The molecular formula is C14H17ClO. The Kier molecular flexibility index (Phi) is 3.65. The summed E-state index contributed by atoms with van der Waals surface area (Å²) < 4.78 is 0. The maximum atomic E-state index is 11.9.